The van der Waals surface area contributed by atoms with Crippen molar-refractivity contribution in [3.8, 4) is 0 Å². The molecule has 0 unspecified atom stereocenters. The zero-order valence-electron chi connectivity index (χ0n) is 13.3. The van der Waals surface area contributed by atoms with Crippen LogP contribution < -0.4 is 15.5 Å². The smallest absolute Gasteiger partial charge is 0.319 e. The van der Waals surface area contributed by atoms with Crippen LogP contribution in [0.2, 0.25) is 0 Å². The van der Waals surface area contributed by atoms with Crippen LogP contribution in [0.25, 0.3) is 0 Å². The number of anilines is 3. The molecule has 0 spiro atoms. The van der Waals surface area contributed by atoms with Crippen molar-refractivity contribution in [3.05, 3.63) is 54.6 Å². The van der Waals surface area contributed by atoms with Crippen LogP contribution in [0.4, 0.5) is 21.9 Å². The molecule has 4 heteroatoms. The van der Waals surface area contributed by atoms with Crippen molar-refractivity contribution in [2.75, 3.05) is 16.8 Å². The van der Waals surface area contributed by atoms with Crippen LogP contribution in [0.3, 0.4) is 0 Å². The monoisotopic (exact) mass is 297 g/mol. The molecule has 0 saturated carbocycles. The third-order valence-electron chi connectivity index (χ3n) is 3.24. The van der Waals surface area contributed by atoms with Crippen LogP contribution in [-0.4, -0.2) is 18.6 Å². The molecule has 2 aromatic rings. The summed E-state index contributed by atoms with van der Waals surface area (Å²) in [4.78, 5) is 13.9. The number of nitrogens with one attached hydrogen (secondary N) is 2. The SMILES string of the molecule is CCN(c1ccccc1)c1ccc(NC(=O)NC(C)C)cc1. The Balaban J connectivity index is 2.09. The van der Waals surface area contributed by atoms with Gasteiger partial charge >= 0.3 is 6.03 Å². The van der Waals surface area contributed by atoms with E-state index in [0.717, 1.165) is 23.6 Å². The highest BCUT2D eigenvalue weighted by Crippen LogP contribution is 2.25. The Morgan fingerprint density at radius 3 is 2.14 bits per heavy atom. The van der Waals surface area contributed by atoms with Gasteiger partial charge in [-0.3, -0.25) is 0 Å². The van der Waals surface area contributed by atoms with E-state index in [1.165, 1.54) is 0 Å². The van der Waals surface area contributed by atoms with Gasteiger partial charge in [0.1, 0.15) is 0 Å². The quantitative estimate of drug-likeness (QED) is 0.860. The molecule has 0 aromatic heterocycles. The van der Waals surface area contributed by atoms with E-state index in [0.29, 0.717) is 0 Å². The van der Waals surface area contributed by atoms with E-state index >= 15 is 0 Å². The summed E-state index contributed by atoms with van der Waals surface area (Å²) in [7, 11) is 0. The summed E-state index contributed by atoms with van der Waals surface area (Å²) < 4.78 is 0. The molecule has 2 amide bonds. The first kappa shape index (κ1) is 15.9. The van der Waals surface area contributed by atoms with Crippen molar-refractivity contribution in [1.29, 1.82) is 0 Å². The lowest BCUT2D eigenvalue weighted by Gasteiger charge is -2.23. The molecule has 0 saturated heterocycles. The number of nitrogens with zero attached hydrogens (tertiary/aromatic N) is 1. The van der Waals surface area contributed by atoms with Crippen molar-refractivity contribution >= 4 is 23.1 Å². The maximum absolute atomic E-state index is 11.7. The second kappa shape index (κ2) is 7.50. The number of hydrogen-bond acceptors (Lipinski definition) is 2. The van der Waals surface area contributed by atoms with Gasteiger partial charge in [-0.2, -0.15) is 0 Å². The fourth-order valence-corrected chi connectivity index (χ4v) is 2.28. The van der Waals surface area contributed by atoms with Crippen LogP contribution in [-0.2, 0) is 0 Å². The van der Waals surface area contributed by atoms with Crippen LogP contribution in [0.1, 0.15) is 20.8 Å². The molecular weight excluding hydrogens is 274 g/mol. The zero-order valence-corrected chi connectivity index (χ0v) is 13.3. The molecule has 0 fully saturated rings. The Hall–Kier alpha value is -2.49. The van der Waals surface area contributed by atoms with E-state index < -0.39 is 0 Å². The lowest BCUT2D eigenvalue weighted by atomic mass is 10.2. The third kappa shape index (κ3) is 4.25. The van der Waals surface area contributed by atoms with Gasteiger partial charge in [0.2, 0.25) is 0 Å². The van der Waals surface area contributed by atoms with Gasteiger partial charge in [-0.1, -0.05) is 18.2 Å². The lowest BCUT2D eigenvalue weighted by molar-refractivity contribution is 0.250. The van der Waals surface area contributed by atoms with Crippen LogP contribution in [0, 0.1) is 0 Å². The second-order valence-electron chi connectivity index (χ2n) is 5.38. The van der Waals surface area contributed by atoms with Crippen molar-refractivity contribution < 1.29 is 4.79 Å². The van der Waals surface area contributed by atoms with Gasteiger partial charge in [0, 0.05) is 29.6 Å². The second-order valence-corrected chi connectivity index (χ2v) is 5.38. The van der Waals surface area contributed by atoms with E-state index in [-0.39, 0.29) is 12.1 Å². The summed E-state index contributed by atoms with van der Waals surface area (Å²) in [5.41, 5.74) is 3.04. The van der Waals surface area contributed by atoms with Gasteiger partial charge in [0.25, 0.3) is 0 Å². The molecule has 0 bridgehead atoms. The van der Waals surface area contributed by atoms with Crippen molar-refractivity contribution in [1.82, 2.24) is 5.32 Å². The lowest BCUT2D eigenvalue weighted by Crippen LogP contribution is -2.34. The molecule has 22 heavy (non-hydrogen) atoms. The van der Waals surface area contributed by atoms with Crippen LogP contribution in [0.15, 0.2) is 54.6 Å². The molecule has 0 heterocycles. The number of carbonyl (C=O) groups is 1. The molecule has 0 aliphatic carbocycles. The maximum Gasteiger partial charge on any atom is 0.319 e. The number of benzene rings is 2. The predicted molar refractivity (Wildman–Crippen MR) is 92.9 cm³/mol. The summed E-state index contributed by atoms with van der Waals surface area (Å²) in [6.45, 7) is 6.86. The number of rotatable bonds is 5. The number of para-hydroxylation sites is 1. The standard InChI is InChI=1S/C18H23N3O/c1-4-21(16-8-6-5-7-9-16)17-12-10-15(11-13-17)20-18(22)19-14(2)3/h5-14H,4H2,1-3H3,(H2,19,20,22). The Bertz CT molecular complexity index is 593. The van der Waals surface area contributed by atoms with Crippen molar-refractivity contribution in [2.45, 2.75) is 26.8 Å². The molecule has 116 valence electrons. The van der Waals surface area contributed by atoms with Gasteiger partial charge in [-0.05, 0) is 57.2 Å². The highest BCUT2D eigenvalue weighted by atomic mass is 16.2. The number of hydrogen-bond donors (Lipinski definition) is 2. The molecule has 0 radical (unpaired) electrons. The fourth-order valence-electron chi connectivity index (χ4n) is 2.28. The Kier molecular flexibility index (Phi) is 5.42. The normalized spacial score (nSPS) is 10.4. The first-order valence-corrected chi connectivity index (χ1v) is 7.60. The molecule has 2 N–H and O–H groups in total. The van der Waals surface area contributed by atoms with Crippen LogP contribution >= 0.6 is 0 Å². The topological polar surface area (TPSA) is 44.4 Å². The summed E-state index contributed by atoms with van der Waals surface area (Å²) in [5, 5.41) is 5.63. The summed E-state index contributed by atoms with van der Waals surface area (Å²) in [5.74, 6) is 0. The van der Waals surface area contributed by atoms with E-state index in [4.69, 9.17) is 0 Å². The molecule has 2 rings (SSSR count). The summed E-state index contributed by atoms with van der Waals surface area (Å²) in [6.07, 6.45) is 0. The first-order chi connectivity index (χ1) is 10.6. The zero-order chi connectivity index (χ0) is 15.9. The third-order valence-corrected chi connectivity index (χ3v) is 3.24. The Labute approximate surface area is 132 Å². The van der Waals surface area contributed by atoms with Crippen LogP contribution in [0.5, 0.6) is 0 Å². The van der Waals surface area contributed by atoms with Gasteiger partial charge in [-0.15, -0.1) is 0 Å². The molecular formula is C18H23N3O. The van der Waals surface area contributed by atoms with E-state index in [9.17, 15) is 4.79 Å². The Morgan fingerprint density at radius 2 is 1.59 bits per heavy atom. The summed E-state index contributed by atoms with van der Waals surface area (Å²) in [6, 6.07) is 18.1. The van der Waals surface area contributed by atoms with Gasteiger partial charge < -0.3 is 15.5 Å². The van der Waals surface area contributed by atoms with Gasteiger partial charge in [-0.25, -0.2) is 4.79 Å². The molecule has 2 aromatic carbocycles. The number of amides is 2. The van der Waals surface area contributed by atoms with Crippen molar-refractivity contribution in [3.63, 3.8) is 0 Å². The van der Waals surface area contributed by atoms with Gasteiger partial charge in [0.15, 0.2) is 0 Å². The van der Waals surface area contributed by atoms with E-state index in [1.54, 1.807) is 0 Å². The average molecular weight is 297 g/mol. The minimum Gasteiger partial charge on any atom is -0.342 e. The highest BCUT2D eigenvalue weighted by molar-refractivity contribution is 5.89. The highest BCUT2D eigenvalue weighted by Gasteiger charge is 2.07. The fraction of sp³-hybridized carbons (Fsp3) is 0.278. The first-order valence-electron chi connectivity index (χ1n) is 7.60. The molecule has 0 aliphatic rings. The largest absolute Gasteiger partial charge is 0.342 e. The number of carbonyl (C=O) groups excluding carboxylic acids is 1. The van der Waals surface area contributed by atoms with E-state index in [2.05, 4.69) is 34.6 Å². The van der Waals surface area contributed by atoms with Gasteiger partial charge in [0.05, 0.1) is 0 Å². The summed E-state index contributed by atoms with van der Waals surface area (Å²) >= 11 is 0. The average Bonchev–Trinajstić information content (AvgIpc) is 2.50. The van der Waals surface area contributed by atoms with Crippen molar-refractivity contribution in [2.24, 2.45) is 0 Å². The molecule has 0 aliphatic heterocycles. The minimum atomic E-state index is -0.182. The Morgan fingerprint density at radius 1 is 1.00 bits per heavy atom. The molecule has 0 atom stereocenters. The van der Waals surface area contributed by atoms with E-state index in [1.807, 2.05) is 56.3 Å². The minimum absolute atomic E-state index is 0.118. The maximum atomic E-state index is 11.7. The number of urea groups is 1. The molecule has 4 nitrogen and oxygen atoms in total. The predicted octanol–water partition coefficient (Wildman–Crippen LogP) is 4.37.